The fourth-order valence-electron chi connectivity index (χ4n) is 8.96. The maximum Gasteiger partial charge on any atom is 0.315 e. The predicted molar refractivity (Wildman–Crippen MR) is 211 cm³/mol. The minimum atomic E-state index is -3.57. The Morgan fingerprint density at radius 1 is 0.926 bits per heavy atom. The number of hydrogen-bond acceptors (Lipinski definition) is 7. The molecule has 4 aliphatic rings. The molecule has 0 spiro atoms. The fraction of sp³-hybridized carbons (Fsp3) is 0.829. The molecule has 4 rings (SSSR count). The van der Waals surface area contributed by atoms with Gasteiger partial charge in [-0.3, -0.25) is 19.2 Å². The summed E-state index contributed by atoms with van der Waals surface area (Å²) >= 11 is 0. The molecule has 4 fully saturated rings. The number of carbonyl (C=O) groups excluding carboxylic acids is 5. The molecule has 4 N–H and O–H groups in total. The molecule has 0 bridgehead atoms. The molecule has 13 heteroatoms. The summed E-state index contributed by atoms with van der Waals surface area (Å²) in [6, 6.07) is -3.33. The molecular weight excluding hydrogens is 707 g/mol. The highest BCUT2D eigenvalue weighted by atomic mass is 32.2. The van der Waals surface area contributed by atoms with Gasteiger partial charge in [-0.1, -0.05) is 90.6 Å². The van der Waals surface area contributed by atoms with Crippen LogP contribution in [-0.4, -0.2) is 90.1 Å². The third-order valence-electron chi connectivity index (χ3n) is 12.5. The molecule has 5 atom stereocenters. The van der Waals surface area contributed by atoms with Crippen LogP contribution in [0.2, 0.25) is 0 Å². The van der Waals surface area contributed by atoms with Crippen LogP contribution < -0.4 is 21.3 Å². The van der Waals surface area contributed by atoms with Gasteiger partial charge in [0.2, 0.25) is 17.6 Å². The van der Waals surface area contributed by atoms with Crippen LogP contribution in [0.5, 0.6) is 0 Å². The standard InChI is InChI=1S/C41H69N5O7S/c1-7-10-19-31-29(9-3)26-46(34(31)36(48)43-32(25-28-20-21-28)35(47)37(49)42-24-8-2)38(50)33(30-17-13-11-14-18-30)44-39(51)45-41(22-15-12-16-23-41)27-54(52,53)40(4,5)6/h8,28-34H,2,7,9-27H2,1,3-6H3,(H,42,49)(H,43,48)(H2,44,45,51)/t29-,31-,32?,33-,34-/m0/s1. The molecule has 0 aromatic heterocycles. The van der Waals surface area contributed by atoms with E-state index in [1.807, 2.05) is 0 Å². The number of unbranched alkanes of at least 4 members (excludes halogenated alkanes) is 1. The van der Waals surface area contributed by atoms with Crippen LogP contribution in [0.3, 0.4) is 0 Å². The topological polar surface area (TPSA) is 171 Å². The second-order valence-electron chi connectivity index (χ2n) is 17.7. The number of rotatable bonds is 18. The summed E-state index contributed by atoms with van der Waals surface area (Å²) in [7, 11) is -3.57. The highest BCUT2D eigenvalue weighted by Gasteiger charge is 2.50. The highest BCUT2D eigenvalue weighted by molar-refractivity contribution is 7.92. The minimum absolute atomic E-state index is 0.0404. The average Bonchev–Trinajstić information content (AvgIpc) is 3.87. The Labute approximate surface area is 324 Å². The summed E-state index contributed by atoms with van der Waals surface area (Å²) < 4.78 is 26.0. The van der Waals surface area contributed by atoms with E-state index < -0.39 is 61.9 Å². The Bertz CT molecular complexity index is 1440. The van der Waals surface area contributed by atoms with Gasteiger partial charge in [-0.25, -0.2) is 13.2 Å². The molecule has 0 aromatic carbocycles. The number of carbonyl (C=O) groups is 5. The number of ketones is 1. The second kappa shape index (κ2) is 19.3. The summed E-state index contributed by atoms with van der Waals surface area (Å²) in [6.07, 6.45) is 15.0. The van der Waals surface area contributed by atoms with Crippen LogP contribution >= 0.6 is 0 Å². The van der Waals surface area contributed by atoms with Crippen molar-refractivity contribution in [3.8, 4) is 0 Å². The van der Waals surface area contributed by atoms with E-state index in [-0.39, 0.29) is 41.9 Å². The van der Waals surface area contributed by atoms with Crippen molar-refractivity contribution in [3.63, 3.8) is 0 Å². The third-order valence-corrected chi connectivity index (χ3v) is 15.3. The van der Waals surface area contributed by atoms with Gasteiger partial charge in [0.15, 0.2) is 9.84 Å². The van der Waals surface area contributed by atoms with Crippen LogP contribution in [0.1, 0.15) is 144 Å². The second-order valence-corrected chi connectivity index (χ2v) is 20.4. The van der Waals surface area contributed by atoms with Crippen molar-refractivity contribution in [3.05, 3.63) is 12.7 Å². The molecule has 1 saturated heterocycles. The first-order valence-electron chi connectivity index (χ1n) is 20.9. The molecule has 306 valence electrons. The molecule has 1 aliphatic heterocycles. The molecule has 12 nitrogen and oxygen atoms in total. The van der Waals surface area contributed by atoms with E-state index in [2.05, 4.69) is 41.7 Å². The number of urea groups is 1. The van der Waals surface area contributed by atoms with Gasteiger partial charge in [-0.2, -0.15) is 0 Å². The molecule has 3 saturated carbocycles. The number of nitrogens with zero attached hydrogens (tertiary/aromatic N) is 1. The monoisotopic (exact) mass is 775 g/mol. The number of nitrogens with one attached hydrogen (secondary N) is 4. The molecule has 1 heterocycles. The number of sulfone groups is 1. The summed E-state index contributed by atoms with van der Waals surface area (Å²) in [4.78, 5) is 71.4. The van der Waals surface area contributed by atoms with E-state index in [9.17, 15) is 27.6 Å². The largest absolute Gasteiger partial charge is 0.346 e. The smallest absolute Gasteiger partial charge is 0.315 e. The van der Waals surface area contributed by atoms with Gasteiger partial charge >= 0.3 is 6.03 Å². The van der Waals surface area contributed by atoms with Crippen molar-refractivity contribution >= 4 is 39.4 Å². The van der Waals surface area contributed by atoms with E-state index in [0.29, 0.717) is 25.8 Å². The lowest BCUT2D eigenvalue weighted by molar-refractivity contribution is -0.144. The molecular formula is C41H69N5O7S. The van der Waals surface area contributed by atoms with Crippen molar-refractivity contribution in [2.45, 2.75) is 172 Å². The summed E-state index contributed by atoms with van der Waals surface area (Å²) in [5.74, 6) is -2.40. The van der Waals surface area contributed by atoms with Crippen molar-refractivity contribution < 1.29 is 32.4 Å². The summed E-state index contributed by atoms with van der Waals surface area (Å²) in [5.41, 5.74) is -0.940. The van der Waals surface area contributed by atoms with Gasteiger partial charge in [-0.05, 0) is 83.0 Å². The lowest BCUT2D eigenvalue weighted by atomic mass is 9.82. The molecule has 0 radical (unpaired) electrons. The zero-order chi connectivity index (χ0) is 39.7. The summed E-state index contributed by atoms with van der Waals surface area (Å²) in [5, 5.41) is 11.6. The number of likely N-dealkylation sites (tertiary alicyclic amines) is 1. The van der Waals surface area contributed by atoms with E-state index in [1.165, 1.54) is 6.08 Å². The number of hydrogen-bond donors (Lipinski definition) is 4. The van der Waals surface area contributed by atoms with Crippen molar-refractivity contribution in [2.75, 3.05) is 18.8 Å². The Morgan fingerprint density at radius 3 is 2.15 bits per heavy atom. The molecule has 5 amide bonds. The quantitative estimate of drug-likeness (QED) is 0.107. The van der Waals surface area contributed by atoms with Gasteiger partial charge < -0.3 is 26.2 Å². The number of Topliss-reactive ketones (excluding diaryl/α,β-unsaturated/α-hetero) is 1. The third kappa shape index (κ3) is 11.3. The lowest BCUT2D eigenvalue weighted by Crippen LogP contribution is -2.63. The molecule has 54 heavy (non-hydrogen) atoms. The summed E-state index contributed by atoms with van der Waals surface area (Å²) in [6.45, 7) is 13.3. The number of amides is 5. The van der Waals surface area contributed by atoms with Gasteiger partial charge in [0.05, 0.1) is 22.1 Å². The van der Waals surface area contributed by atoms with Crippen LogP contribution in [-0.2, 0) is 29.0 Å². The van der Waals surface area contributed by atoms with Gasteiger partial charge in [0.25, 0.3) is 5.91 Å². The van der Waals surface area contributed by atoms with Crippen LogP contribution in [0, 0.1) is 23.7 Å². The van der Waals surface area contributed by atoms with Gasteiger partial charge in [0.1, 0.15) is 12.1 Å². The Hall–Kier alpha value is -2.96. The van der Waals surface area contributed by atoms with Crippen molar-refractivity contribution in [2.24, 2.45) is 23.7 Å². The van der Waals surface area contributed by atoms with Gasteiger partial charge in [0, 0.05) is 13.1 Å². The van der Waals surface area contributed by atoms with E-state index in [0.717, 1.165) is 89.9 Å². The van der Waals surface area contributed by atoms with Crippen molar-refractivity contribution in [1.29, 1.82) is 0 Å². The van der Waals surface area contributed by atoms with E-state index >= 15 is 4.79 Å². The van der Waals surface area contributed by atoms with Crippen molar-refractivity contribution in [1.82, 2.24) is 26.2 Å². The van der Waals surface area contributed by atoms with Crippen LogP contribution in [0.15, 0.2) is 12.7 Å². The lowest BCUT2D eigenvalue weighted by Gasteiger charge is -2.40. The molecule has 1 unspecified atom stereocenters. The Balaban J connectivity index is 1.64. The highest BCUT2D eigenvalue weighted by Crippen LogP contribution is 2.39. The first-order chi connectivity index (χ1) is 25.6. The zero-order valence-electron chi connectivity index (χ0n) is 33.7. The molecule has 0 aromatic rings. The maximum atomic E-state index is 15.0. The van der Waals surface area contributed by atoms with Crippen LogP contribution in [0.25, 0.3) is 0 Å². The fourth-order valence-corrected chi connectivity index (χ4v) is 10.5. The van der Waals surface area contributed by atoms with Gasteiger partial charge in [-0.15, -0.1) is 6.58 Å². The van der Waals surface area contributed by atoms with E-state index in [4.69, 9.17) is 0 Å². The first-order valence-corrected chi connectivity index (χ1v) is 22.6. The SMILES string of the molecule is C=CCNC(=O)C(=O)C(CC1CC1)NC(=O)[C@@H]1[C@@H](CCCC)[C@@H](CC)CN1C(=O)[C@@H](NC(=O)NC1(CS(=O)(=O)C(C)(C)C)CCCCC1)C1CCCCC1. The Morgan fingerprint density at radius 2 is 1.57 bits per heavy atom. The molecule has 3 aliphatic carbocycles. The maximum absolute atomic E-state index is 15.0. The zero-order valence-corrected chi connectivity index (χ0v) is 34.5. The normalized spacial score (nSPS) is 24.5. The minimum Gasteiger partial charge on any atom is -0.346 e. The first kappa shape index (κ1) is 43.8. The Kier molecular flexibility index (Phi) is 15.6. The van der Waals surface area contributed by atoms with E-state index in [1.54, 1.807) is 25.7 Å². The average molecular weight is 776 g/mol. The van der Waals surface area contributed by atoms with Crippen LogP contribution in [0.4, 0.5) is 4.79 Å². The predicted octanol–water partition coefficient (Wildman–Crippen LogP) is 5.35.